The van der Waals surface area contributed by atoms with E-state index in [-0.39, 0.29) is 0 Å². The summed E-state index contributed by atoms with van der Waals surface area (Å²) in [7, 11) is 0. The summed E-state index contributed by atoms with van der Waals surface area (Å²) in [6.07, 6.45) is 5.32. The maximum Gasteiger partial charge on any atom is 0.194 e. The van der Waals surface area contributed by atoms with Crippen molar-refractivity contribution in [1.29, 1.82) is 0 Å². The Hall–Kier alpha value is -0.870. The lowest BCUT2D eigenvalue weighted by Crippen LogP contribution is -2.37. The summed E-state index contributed by atoms with van der Waals surface area (Å²) < 4.78 is 2.31. The largest absolute Gasteiger partial charge is 0.308 e. The molecule has 4 heteroatoms. The maximum atomic E-state index is 4.67. The van der Waals surface area contributed by atoms with Crippen molar-refractivity contribution in [2.75, 3.05) is 0 Å². The monoisotopic (exact) mass is 291 g/mol. The molecular weight excluding hydrogens is 266 g/mol. The van der Waals surface area contributed by atoms with E-state index in [4.69, 9.17) is 0 Å². The number of nitrogens with one attached hydrogen (secondary N) is 1. The van der Waals surface area contributed by atoms with Crippen molar-refractivity contribution in [1.82, 2.24) is 14.7 Å². The molecule has 3 nitrogen and oxygen atoms in total. The van der Waals surface area contributed by atoms with Crippen molar-refractivity contribution < 1.29 is 0 Å². The maximum absolute atomic E-state index is 4.67. The minimum atomic E-state index is 0.496. The van der Waals surface area contributed by atoms with Gasteiger partial charge < -0.3 is 5.32 Å². The third kappa shape index (κ3) is 2.63. The zero-order valence-electron chi connectivity index (χ0n) is 13.0. The number of thiazole rings is 1. The standard InChI is InChI=1S/C16H25N3S/c1-11-10-20-15-18-12(2)14(19(11)15)9-17-13-6-5-7-16(3,4)8-13/h10,13,17H,5-9H2,1-4H3. The molecule has 110 valence electrons. The van der Waals surface area contributed by atoms with Crippen molar-refractivity contribution in [3.63, 3.8) is 0 Å². The van der Waals surface area contributed by atoms with E-state index in [0.717, 1.165) is 11.5 Å². The second kappa shape index (κ2) is 5.15. The minimum Gasteiger partial charge on any atom is -0.308 e. The smallest absolute Gasteiger partial charge is 0.194 e. The predicted octanol–water partition coefficient (Wildman–Crippen LogP) is 4.07. The Kier molecular flexibility index (Phi) is 3.63. The van der Waals surface area contributed by atoms with Crippen LogP contribution in [0.25, 0.3) is 4.96 Å². The van der Waals surface area contributed by atoms with Gasteiger partial charge in [-0.25, -0.2) is 4.98 Å². The molecule has 1 atom stereocenters. The van der Waals surface area contributed by atoms with Crippen molar-refractivity contribution in [3.8, 4) is 0 Å². The van der Waals surface area contributed by atoms with Gasteiger partial charge >= 0.3 is 0 Å². The number of aryl methyl sites for hydroxylation is 2. The van der Waals surface area contributed by atoms with Crippen molar-refractivity contribution in [3.05, 3.63) is 22.5 Å². The van der Waals surface area contributed by atoms with Gasteiger partial charge in [0.1, 0.15) is 0 Å². The first kappa shape index (κ1) is 14.1. The molecule has 0 saturated heterocycles. The molecule has 2 aromatic rings. The highest BCUT2D eigenvalue weighted by Crippen LogP contribution is 2.35. The average Bonchev–Trinajstić information content (AvgIpc) is 2.86. The molecule has 1 unspecified atom stereocenters. The van der Waals surface area contributed by atoms with Crippen LogP contribution in [-0.2, 0) is 6.54 Å². The quantitative estimate of drug-likeness (QED) is 0.923. The minimum absolute atomic E-state index is 0.496. The molecule has 0 bridgehead atoms. The van der Waals surface area contributed by atoms with Gasteiger partial charge in [0, 0.05) is 23.7 Å². The van der Waals surface area contributed by atoms with Crippen LogP contribution in [0.1, 0.15) is 56.6 Å². The Bertz CT molecular complexity index is 609. The highest BCUT2D eigenvalue weighted by Gasteiger charge is 2.27. The lowest BCUT2D eigenvalue weighted by molar-refractivity contribution is 0.197. The fourth-order valence-electron chi connectivity index (χ4n) is 3.49. The molecule has 0 amide bonds. The van der Waals surface area contributed by atoms with Crippen LogP contribution in [-0.4, -0.2) is 15.4 Å². The Morgan fingerprint density at radius 3 is 3.00 bits per heavy atom. The lowest BCUT2D eigenvalue weighted by atomic mass is 9.75. The predicted molar refractivity (Wildman–Crippen MR) is 85.4 cm³/mol. The molecular formula is C16H25N3S. The molecule has 1 aliphatic rings. The van der Waals surface area contributed by atoms with Gasteiger partial charge in [-0.15, -0.1) is 11.3 Å². The zero-order valence-corrected chi connectivity index (χ0v) is 13.8. The fraction of sp³-hybridized carbons (Fsp3) is 0.688. The van der Waals surface area contributed by atoms with Gasteiger partial charge in [0.05, 0.1) is 11.4 Å². The molecule has 2 aromatic heterocycles. The van der Waals surface area contributed by atoms with Crippen molar-refractivity contribution in [2.45, 2.75) is 66.0 Å². The normalized spacial score (nSPS) is 22.5. The SMILES string of the molecule is Cc1nc2scc(C)n2c1CNC1CCCC(C)(C)C1. The third-order valence-corrected chi connectivity index (χ3v) is 5.54. The summed E-state index contributed by atoms with van der Waals surface area (Å²) in [6.45, 7) is 10.0. The van der Waals surface area contributed by atoms with E-state index in [0.29, 0.717) is 11.5 Å². The molecule has 0 aliphatic heterocycles. The average molecular weight is 291 g/mol. The van der Waals surface area contributed by atoms with Crippen LogP contribution >= 0.6 is 11.3 Å². The van der Waals surface area contributed by atoms with Gasteiger partial charge in [-0.05, 0) is 38.5 Å². The van der Waals surface area contributed by atoms with Crippen LogP contribution in [0.2, 0.25) is 0 Å². The van der Waals surface area contributed by atoms with E-state index in [1.54, 1.807) is 11.3 Å². The molecule has 20 heavy (non-hydrogen) atoms. The van der Waals surface area contributed by atoms with Crippen molar-refractivity contribution >= 4 is 16.3 Å². The second-order valence-electron chi connectivity index (χ2n) is 6.98. The molecule has 3 rings (SSSR count). The van der Waals surface area contributed by atoms with E-state index in [1.165, 1.54) is 42.8 Å². The first-order valence-corrected chi connectivity index (χ1v) is 8.50. The summed E-state index contributed by atoms with van der Waals surface area (Å²) in [4.78, 5) is 5.79. The number of fused-ring (bicyclic) bond motifs is 1. The van der Waals surface area contributed by atoms with Gasteiger partial charge in [-0.1, -0.05) is 20.3 Å². The Morgan fingerprint density at radius 2 is 2.25 bits per heavy atom. The topological polar surface area (TPSA) is 29.3 Å². The number of imidazole rings is 1. The number of nitrogens with zero attached hydrogens (tertiary/aromatic N) is 2. The van der Waals surface area contributed by atoms with Crippen LogP contribution in [0.5, 0.6) is 0 Å². The Morgan fingerprint density at radius 1 is 1.45 bits per heavy atom. The molecule has 0 aromatic carbocycles. The van der Waals surface area contributed by atoms with Crippen LogP contribution in [0.4, 0.5) is 0 Å². The van der Waals surface area contributed by atoms with Crippen LogP contribution in [0.15, 0.2) is 5.38 Å². The van der Waals surface area contributed by atoms with Crippen LogP contribution < -0.4 is 5.32 Å². The van der Waals surface area contributed by atoms with E-state index in [2.05, 4.69) is 47.8 Å². The van der Waals surface area contributed by atoms with Crippen molar-refractivity contribution in [2.24, 2.45) is 5.41 Å². The molecule has 1 N–H and O–H groups in total. The number of aromatic nitrogens is 2. The summed E-state index contributed by atoms with van der Waals surface area (Å²) in [5.74, 6) is 0. The van der Waals surface area contributed by atoms with Gasteiger partial charge in [-0.3, -0.25) is 4.40 Å². The highest BCUT2D eigenvalue weighted by molar-refractivity contribution is 7.15. The van der Waals surface area contributed by atoms with E-state index < -0.39 is 0 Å². The lowest BCUT2D eigenvalue weighted by Gasteiger charge is -2.35. The molecule has 2 heterocycles. The third-order valence-electron chi connectivity index (χ3n) is 4.59. The molecule has 1 aliphatic carbocycles. The Balaban J connectivity index is 1.74. The first-order chi connectivity index (χ1) is 9.46. The summed E-state index contributed by atoms with van der Waals surface area (Å²) in [5.41, 5.74) is 4.30. The van der Waals surface area contributed by atoms with E-state index >= 15 is 0 Å². The fourth-order valence-corrected chi connectivity index (χ4v) is 4.42. The highest BCUT2D eigenvalue weighted by atomic mass is 32.1. The number of hydrogen-bond acceptors (Lipinski definition) is 3. The number of rotatable bonds is 3. The molecule has 0 spiro atoms. The Labute approximate surface area is 125 Å². The molecule has 1 fully saturated rings. The molecule has 1 saturated carbocycles. The van der Waals surface area contributed by atoms with Gasteiger partial charge in [-0.2, -0.15) is 0 Å². The molecule has 0 radical (unpaired) electrons. The first-order valence-electron chi connectivity index (χ1n) is 7.62. The van der Waals surface area contributed by atoms with Gasteiger partial charge in [0.25, 0.3) is 0 Å². The van der Waals surface area contributed by atoms with E-state index in [1.807, 2.05) is 0 Å². The van der Waals surface area contributed by atoms with Gasteiger partial charge in [0.2, 0.25) is 0 Å². The second-order valence-corrected chi connectivity index (χ2v) is 7.81. The van der Waals surface area contributed by atoms with Crippen LogP contribution in [0.3, 0.4) is 0 Å². The summed E-state index contributed by atoms with van der Waals surface area (Å²) in [6, 6.07) is 0.655. The van der Waals surface area contributed by atoms with E-state index in [9.17, 15) is 0 Å². The zero-order chi connectivity index (χ0) is 14.3. The number of hydrogen-bond donors (Lipinski definition) is 1. The summed E-state index contributed by atoms with van der Waals surface area (Å²) >= 11 is 1.73. The summed E-state index contributed by atoms with van der Waals surface area (Å²) in [5, 5.41) is 5.96. The van der Waals surface area contributed by atoms with Gasteiger partial charge in [0.15, 0.2) is 4.96 Å². The van der Waals surface area contributed by atoms with Crippen LogP contribution in [0, 0.1) is 19.3 Å².